The first-order valence-electron chi connectivity index (χ1n) is 8.47. The number of para-hydroxylation sites is 1. The van der Waals surface area contributed by atoms with Crippen LogP contribution < -0.4 is 4.90 Å². The van der Waals surface area contributed by atoms with E-state index < -0.39 is 22.6 Å². The lowest BCUT2D eigenvalue weighted by atomic mass is 10.1. The predicted octanol–water partition coefficient (Wildman–Crippen LogP) is 3.55. The number of nitrogens with zero attached hydrogens (tertiary/aromatic N) is 2. The van der Waals surface area contributed by atoms with Crippen molar-refractivity contribution in [2.45, 2.75) is 39.2 Å². The minimum absolute atomic E-state index is 0.0794. The SMILES string of the molecule is COCCCCN(C(=O)OC(C)(C)C)c1c(C(=O)OC)cccc1[N+](=O)[O-]. The molecule has 1 aromatic rings. The molecular formula is C18H26N2O7. The molecule has 0 aliphatic heterocycles. The molecule has 0 spiro atoms. The van der Waals surface area contributed by atoms with Crippen LogP contribution >= 0.6 is 0 Å². The summed E-state index contributed by atoms with van der Waals surface area (Å²) in [6.45, 7) is 5.66. The molecule has 0 saturated carbocycles. The number of methoxy groups -OCH3 is 2. The van der Waals surface area contributed by atoms with Crippen molar-refractivity contribution in [3.8, 4) is 0 Å². The van der Waals surface area contributed by atoms with Crippen LogP contribution in [0.3, 0.4) is 0 Å². The Labute approximate surface area is 158 Å². The Kier molecular flexibility index (Phi) is 8.17. The summed E-state index contributed by atoms with van der Waals surface area (Å²) in [5.74, 6) is -0.779. The number of hydrogen-bond acceptors (Lipinski definition) is 7. The van der Waals surface area contributed by atoms with Crippen molar-refractivity contribution in [3.05, 3.63) is 33.9 Å². The Morgan fingerprint density at radius 2 is 1.85 bits per heavy atom. The number of carbonyl (C=O) groups is 2. The fraction of sp³-hybridized carbons (Fsp3) is 0.556. The lowest BCUT2D eigenvalue weighted by molar-refractivity contribution is -0.384. The van der Waals surface area contributed by atoms with E-state index >= 15 is 0 Å². The number of carbonyl (C=O) groups excluding carboxylic acids is 2. The first kappa shape index (κ1) is 22.4. The van der Waals surface area contributed by atoms with Crippen molar-refractivity contribution < 1.29 is 28.7 Å². The van der Waals surface area contributed by atoms with Gasteiger partial charge in [-0.15, -0.1) is 0 Å². The molecule has 0 atom stereocenters. The highest BCUT2D eigenvalue weighted by atomic mass is 16.6. The van der Waals surface area contributed by atoms with Crippen LogP contribution in [-0.2, 0) is 14.2 Å². The summed E-state index contributed by atoms with van der Waals surface area (Å²) in [5.41, 5.74) is -1.41. The molecule has 27 heavy (non-hydrogen) atoms. The molecule has 150 valence electrons. The maximum Gasteiger partial charge on any atom is 0.415 e. The van der Waals surface area contributed by atoms with Gasteiger partial charge in [-0.25, -0.2) is 9.59 Å². The Balaban J connectivity index is 3.43. The van der Waals surface area contributed by atoms with Gasteiger partial charge < -0.3 is 14.2 Å². The van der Waals surface area contributed by atoms with E-state index in [1.807, 2.05) is 0 Å². The van der Waals surface area contributed by atoms with Crippen molar-refractivity contribution in [2.24, 2.45) is 0 Å². The lowest BCUT2D eigenvalue weighted by Gasteiger charge is -2.28. The Morgan fingerprint density at radius 1 is 1.19 bits per heavy atom. The monoisotopic (exact) mass is 382 g/mol. The Bertz CT molecular complexity index is 683. The van der Waals surface area contributed by atoms with Gasteiger partial charge in [0.15, 0.2) is 0 Å². The number of anilines is 1. The minimum Gasteiger partial charge on any atom is -0.465 e. The number of rotatable bonds is 8. The molecule has 0 bridgehead atoms. The molecule has 1 aromatic carbocycles. The second-order valence-electron chi connectivity index (χ2n) is 6.75. The largest absolute Gasteiger partial charge is 0.465 e. The van der Waals surface area contributed by atoms with E-state index in [1.165, 1.54) is 25.3 Å². The number of nitro benzene ring substituents is 1. The third kappa shape index (κ3) is 6.52. The van der Waals surface area contributed by atoms with Gasteiger partial charge in [-0.05, 0) is 39.7 Å². The molecule has 0 saturated heterocycles. The zero-order chi connectivity index (χ0) is 20.6. The summed E-state index contributed by atoms with van der Waals surface area (Å²) in [6.07, 6.45) is 0.350. The van der Waals surface area contributed by atoms with Crippen LogP contribution in [0.2, 0.25) is 0 Å². The maximum atomic E-state index is 12.8. The van der Waals surface area contributed by atoms with Gasteiger partial charge in [-0.1, -0.05) is 6.07 Å². The first-order valence-corrected chi connectivity index (χ1v) is 8.47. The molecule has 0 radical (unpaired) electrons. The van der Waals surface area contributed by atoms with E-state index in [0.29, 0.717) is 19.4 Å². The second kappa shape index (κ2) is 9.86. The normalized spacial score (nSPS) is 11.0. The molecule has 0 aliphatic rings. The number of nitro groups is 1. The number of amides is 1. The second-order valence-corrected chi connectivity index (χ2v) is 6.75. The number of esters is 1. The van der Waals surface area contributed by atoms with Crippen LogP contribution in [-0.4, -0.2) is 50.0 Å². The fourth-order valence-electron chi connectivity index (χ4n) is 2.36. The third-order valence-electron chi connectivity index (χ3n) is 3.48. The van der Waals surface area contributed by atoms with E-state index in [9.17, 15) is 19.7 Å². The smallest absolute Gasteiger partial charge is 0.415 e. The predicted molar refractivity (Wildman–Crippen MR) is 99.1 cm³/mol. The van der Waals surface area contributed by atoms with Gasteiger partial charge in [-0.2, -0.15) is 0 Å². The van der Waals surface area contributed by atoms with Crippen LogP contribution in [0.1, 0.15) is 44.0 Å². The highest BCUT2D eigenvalue weighted by Gasteiger charge is 2.32. The van der Waals surface area contributed by atoms with Crippen LogP contribution in [0.5, 0.6) is 0 Å². The summed E-state index contributed by atoms with van der Waals surface area (Å²) in [7, 11) is 2.73. The Hall–Kier alpha value is -2.68. The zero-order valence-electron chi connectivity index (χ0n) is 16.3. The zero-order valence-corrected chi connectivity index (χ0v) is 16.3. The molecule has 0 aliphatic carbocycles. The Morgan fingerprint density at radius 3 is 2.37 bits per heavy atom. The van der Waals surface area contributed by atoms with Gasteiger partial charge in [0, 0.05) is 26.3 Å². The molecule has 9 nitrogen and oxygen atoms in total. The van der Waals surface area contributed by atoms with Crippen molar-refractivity contribution in [3.63, 3.8) is 0 Å². The van der Waals surface area contributed by atoms with Crippen molar-refractivity contribution in [2.75, 3.05) is 32.3 Å². The van der Waals surface area contributed by atoms with Crippen LogP contribution in [0.4, 0.5) is 16.2 Å². The average Bonchev–Trinajstić information content (AvgIpc) is 2.59. The third-order valence-corrected chi connectivity index (χ3v) is 3.48. The number of hydrogen-bond donors (Lipinski definition) is 0. The molecule has 0 unspecified atom stereocenters. The first-order chi connectivity index (χ1) is 12.6. The van der Waals surface area contributed by atoms with E-state index in [2.05, 4.69) is 0 Å². The number of benzene rings is 1. The molecule has 0 aromatic heterocycles. The summed E-state index contributed by atoms with van der Waals surface area (Å²) >= 11 is 0. The average molecular weight is 382 g/mol. The van der Waals surface area contributed by atoms with Gasteiger partial charge in [0.05, 0.1) is 17.6 Å². The fourth-order valence-corrected chi connectivity index (χ4v) is 2.36. The number of unbranched alkanes of at least 4 members (excludes halogenated alkanes) is 1. The number of ether oxygens (including phenoxy) is 3. The van der Waals surface area contributed by atoms with Crippen molar-refractivity contribution in [1.29, 1.82) is 0 Å². The van der Waals surface area contributed by atoms with E-state index in [1.54, 1.807) is 27.9 Å². The lowest BCUT2D eigenvalue weighted by Crippen LogP contribution is -2.38. The highest BCUT2D eigenvalue weighted by molar-refractivity contribution is 6.03. The van der Waals surface area contributed by atoms with Crippen molar-refractivity contribution >= 4 is 23.4 Å². The molecule has 0 fully saturated rings. The topological polar surface area (TPSA) is 108 Å². The summed E-state index contributed by atoms with van der Waals surface area (Å²) in [4.78, 5) is 36.9. The van der Waals surface area contributed by atoms with Crippen LogP contribution in [0, 0.1) is 10.1 Å². The van der Waals surface area contributed by atoms with E-state index in [-0.39, 0.29) is 23.5 Å². The maximum absolute atomic E-state index is 12.8. The van der Waals surface area contributed by atoms with Gasteiger partial charge in [0.2, 0.25) is 0 Å². The quantitative estimate of drug-likeness (QED) is 0.293. The molecular weight excluding hydrogens is 356 g/mol. The van der Waals surface area contributed by atoms with Crippen LogP contribution in [0.15, 0.2) is 18.2 Å². The molecule has 9 heteroatoms. The van der Waals surface area contributed by atoms with Gasteiger partial charge in [0.1, 0.15) is 11.3 Å². The minimum atomic E-state index is -0.809. The van der Waals surface area contributed by atoms with E-state index in [4.69, 9.17) is 14.2 Å². The van der Waals surface area contributed by atoms with Gasteiger partial charge in [0.25, 0.3) is 5.69 Å². The highest BCUT2D eigenvalue weighted by Crippen LogP contribution is 2.34. The van der Waals surface area contributed by atoms with Crippen molar-refractivity contribution in [1.82, 2.24) is 0 Å². The summed E-state index contributed by atoms with van der Waals surface area (Å²) < 4.78 is 15.1. The standard InChI is InChI=1S/C18H26N2O7/c1-18(2,3)27-17(22)19(11-6-7-12-25-4)15-13(16(21)26-5)9-8-10-14(15)20(23)24/h8-10H,6-7,11-12H2,1-5H3. The van der Waals surface area contributed by atoms with Crippen LogP contribution in [0.25, 0.3) is 0 Å². The molecule has 0 N–H and O–H groups in total. The summed E-state index contributed by atoms with van der Waals surface area (Å²) in [6, 6.07) is 3.97. The van der Waals surface area contributed by atoms with Gasteiger partial charge in [-0.3, -0.25) is 15.0 Å². The molecule has 1 amide bonds. The molecule has 1 rings (SSSR count). The molecule has 0 heterocycles. The van der Waals surface area contributed by atoms with Gasteiger partial charge >= 0.3 is 12.1 Å². The summed E-state index contributed by atoms with van der Waals surface area (Å²) in [5, 5.41) is 11.5. The van der Waals surface area contributed by atoms with E-state index in [0.717, 1.165) is 4.90 Å².